The Morgan fingerprint density at radius 2 is 1.86 bits per heavy atom. The third kappa shape index (κ3) is 3.85. The van der Waals surface area contributed by atoms with Gasteiger partial charge in [0.25, 0.3) is 6.48 Å². The molecule has 1 aliphatic heterocycles. The molecule has 2 unspecified atom stereocenters. The molecular formula is C15H22O6. The van der Waals surface area contributed by atoms with Crippen molar-refractivity contribution >= 4 is 0 Å². The Kier molecular flexibility index (Phi) is 5.81. The molecule has 1 aromatic rings. The highest BCUT2D eigenvalue weighted by molar-refractivity contribution is 5.49. The zero-order chi connectivity index (χ0) is 15.2. The number of methoxy groups -OCH3 is 3. The van der Waals surface area contributed by atoms with Gasteiger partial charge in [-0.15, -0.1) is 0 Å². The summed E-state index contributed by atoms with van der Waals surface area (Å²) in [5, 5.41) is 9.17. The van der Waals surface area contributed by atoms with Crippen molar-refractivity contribution in [3.05, 3.63) is 23.3 Å². The fraction of sp³-hybridized carbons (Fsp3) is 0.600. The van der Waals surface area contributed by atoms with Crippen LogP contribution in [0.15, 0.2) is 12.1 Å². The first-order valence-electron chi connectivity index (χ1n) is 6.86. The Balaban J connectivity index is 2.02. The minimum absolute atomic E-state index is 0.0163. The van der Waals surface area contributed by atoms with Gasteiger partial charge in [0.1, 0.15) is 11.5 Å². The predicted octanol–water partition coefficient (Wildman–Crippen LogP) is 1.47. The highest BCUT2D eigenvalue weighted by Gasteiger charge is 2.25. The van der Waals surface area contributed by atoms with Crippen molar-refractivity contribution in [2.24, 2.45) is 0 Å². The van der Waals surface area contributed by atoms with Crippen LogP contribution in [-0.4, -0.2) is 45.6 Å². The molecule has 1 aromatic carbocycles. The van der Waals surface area contributed by atoms with Crippen LogP contribution in [0.5, 0.6) is 11.5 Å². The van der Waals surface area contributed by atoms with E-state index in [1.165, 1.54) is 7.11 Å². The van der Waals surface area contributed by atoms with Crippen LogP contribution >= 0.6 is 0 Å². The van der Waals surface area contributed by atoms with Gasteiger partial charge in [-0.1, -0.05) is 0 Å². The number of fused-ring (bicyclic) bond motifs is 1. The largest absolute Gasteiger partial charge is 0.496 e. The van der Waals surface area contributed by atoms with Crippen molar-refractivity contribution in [1.29, 1.82) is 0 Å². The number of aliphatic hydroxyl groups excluding tert-OH is 1. The van der Waals surface area contributed by atoms with E-state index in [2.05, 4.69) is 4.74 Å². The maximum absolute atomic E-state index is 9.17. The van der Waals surface area contributed by atoms with E-state index < -0.39 is 6.48 Å². The van der Waals surface area contributed by atoms with Crippen molar-refractivity contribution in [3.63, 3.8) is 0 Å². The second-order valence-corrected chi connectivity index (χ2v) is 4.77. The van der Waals surface area contributed by atoms with E-state index >= 15 is 0 Å². The monoisotopic (exact) mass is 298 g/mol. The lowest BCUT2D eigenvalue weighted by Gasteiger charge is -2.28. The third-order valence-electron chi connectivity index (χ3n) is 3.58. The molecule has 6 heteroatoms. The minimum atomic E-state index is -1.18. The van der Waals surface area contributed by atoms with Gasteiger partial charge in [-0.05, 0) is 18.6 Å². The normalized spacial score (nSPS) is 19.0. The van der Waals surface area contributed by atoms with E-state index in [4.69, 9.17) is 18.9 Å². The molecule has 118 valence electrons. The molecule has 0 aliphatic carbocycles. The lowest BCUT2D eigenvalue weighted by atomic mass is 9.96. The lowest BCUT2D eigenvalue weighted by Crippen LogP contribution is -2.26. The van der Waals surface area contributed by atoms with Gasteiger partial charge in [0, 0.05) is 24.7 Å². The van der Waals surface area contributed by atoms with E-state index in [9.17, 15) is 5.11 Å². The van der Waals surface area contributed by atoms with Crippen LogP contribution in [0.2, 0.25) is 0 Å². The van der Waals surface area contributed by atoms with Gasteiger partial charge in [-0.2, -0.15) is 0 Å². The molecule has 0 fully saturated rings. The Morgan fingerprint density at radius 1 is 1.19 bits per heavy atom. The lowest BCUT2D eigenvalue weighted by molar-refractivity contribution is -0.252. The minimum Gasteiger partial charge on any atom is -0.496 e. The van der Waals surface area contributed by atoms with Crippen molar-refractivity contribution < 1.29 is 28.8 Å². The van der Waals surface area contributed by atoms with Gasteiger partial charge in [-0.25, -0.2) is 0 Å². The van der Waals surface area contributed by atoms with E-state index in [0.29, 0.717) is 19.6 Å². The van der Waals surface area contributed by atoms with E-state index in [1.54, 1.807) is 14.2 Å². The van der Waals surface area contributed by atoms with Gasteiger partial charge in [-0.3, -0.25) is 0 Å². The molecule has 0 saturated heterocycles. The predicted molar refractivity (Wildman–Crippen MR) is 75.4 cm³/mol. The molecule has 0 bridgehead atoms. The van der Waals surface area contributed by atoms with Gasteiger partial charge < -0.3 is 28.8 Å². The summed E-state index contributed by atoms with van der Waals surface area (Å²) >= 11 is 0. The van der Waals surface area contributed by atoms with Crippen molar-refractivity contribution in [2.45, 2.75) is 32.0 Å². The molecule has 1 heterocycles. The van der Waals surface area contributed by atoms with Gasteiger partial charge in [0.05, 0.1) is 33.5 Å². The maximum Gasteiger partial charge on any atom is 0.268 e. The highest BCUT2D eigenvalue weighted by Crippen LogP contribution is 2.36. The van der Waals surface area contributed by atoms with Crippen molar-refractivity contribution in [2.75, 3.05) is 27.9 Å². The summed E-state index contributed by atoms with van der Waals surface area (Å²) in [4.78, 5) is 0. The van der Waals surface area contributed by atoms with Gasteiger partial charge in [0.2, 0.25) is 0 Å². The fourth-order valence-electron chi connectivity index (χ4n) is 2.46. The van der Waals surface area contributed by atoms with E-state index in [1.807, 2.05) is 12.1 Å². The van der Waals surface area contributed by atoms with Crippen LogP contribution in [-0.2, 0) is 27.2 Å². The summed E-state index contributed by atoms with van der Waals surface area (Å²) in [6.07, 6.45) is 1.41. The summed E-state index contributed by atoms with van der Waals surface area (Å²) in [5.74, 6) is 1.66. The molecule has 1 aliphatic rings. The average Bonchev–Trinajstić information content (AvgIpc) is 2.53. The zero-order valence-electron chi connectivity index (χ0n) is 12.6. The number of hydrogen-bond donors (Lipinski definition) is 1. The molecule has 21 heavy (non-hydrogen) atoms. The topological polar surface area (TPSA) is 66.4 Å². The molecular weight excluding hydrogens is 276 g/mol. The molecule has 0 amide bonds. The van der Waals surface area contributed by atoms with Crippen molar-refractivity contribution in [1.82, 2.24) is 0 Å². The third-order valence-corrected chi connectivity index (χ3v) is 3.58. The summed E-state index contributed by atoms with van der Waals surface area (Å²) in [7, 11) is 4.69. The maximum atomic E-state index is 9.17. The molecule has 6 nitrogen and oxygen atoms in total. The van der Waals surface area contributed by atoms with Gasteiger partial charge in [0.15, 0.2) is 0 Å². The van der Waals surface area contributed by atoms with Crippen LogP contribution in [0, 0.1) is 0 Å². The van der Waals surface area contributed by atoms with Crippen LogP contribution in [0.1, 0.15) is 17.5 Å². The number of aliphatic hydroxyl groups is 1. The van der Waals surface area contributed by atoms with Crippen molar-refractivity contribution in [3.8, 4) is 11.5 Å². The molecule has 1 N–H and O–H groups in total. The quantitative estimate of drug-likeness (QED) is 0.769. The average molecular weight is 298 g/mol. The number of rotatable bonds is 7. The van der Waals surface area contributed by atoms with E-state index in [0.717, 1.165) is 29.0 Å². The smallest absolute Gasteiger partial charge is 0.268 e. The Morgan fingerprint density at radius 3 is 2.48 bits per heavy atom. The fourth-order valence-corrected chi connectivity index (χ4v) is 2.46. The molecule has 0 saturated carbocycles. The summed E-state index contributed by atoms with van der Waals surface area (Å²) in [6.45, 7) is -0.343. The summed E-state index contributed by atoms with van der Waals surface area (Å²) in [5.41, 5.74) is 2.14. The van der Waals surface area contributed by atoms with Crippen LogP contribution in [0.3, 0.4) is 0 Å². The van der Waals surface area contributed by atoms with Crippen LogP contribution in [0.4, 0.5) is 0 Å². The zero-order valence-corrected chi connectivity index (χ0v) is 12.6. The standard InChI is InChI=1S/C15H22O6/c1-17-13-4-5-14(18-2)12-9-21-10(8-11(12)13)6-7-20-15(16)19-3/h4-5,10,15-16H,6-9H2,1-3H3. The summed E-state index contributed by atoms with van der Waals surface area (Å²) < 4.78 is 26.3. The van der Waals surface area contributed by atoms with E-state index in [-0.39, 0.29) is 6.10 Å². The molecule has 0 spiro atoms. The first-order valence-corrected chi connectivity index (χ1v) is 6.86. The Bertz CT molecular complexity index is 462. The molecule has 0 radical (unpaired) electrons. The first-order chi connectivity index (χ1) is 10.2. The molecule has 0 aromatic heterocycles. The van der Waals surface area contributed by atoms with Crippen LogP contribution in [0.25, 0.3) is 0 Å². The Labute approximate surface area is 124 Å². The van der Waals surface area contributed by atoms with Gasteiger partial charge >= 0.3 is 0 Å². The summed E-state index contributed by atoms with van der Waals surface area (Å²) in [6, 6.07) is 3.80. The Hall–Kier alpha value is -1.34. The van der Waals surface area contributed by atoms with Crippen LogP contribution < -0.4 is 9.47 Å². The number of benzene rings is 1. The number of ether oxygens (including phenoxy) is 5. The number of hydrogen-bond acceptors (Lipinski definition) is 6. The molecule has 2 rings (SSSR count). The second kappa shape index (κ2) is 7.61. The SMILES string of the molecule is COc1ccc(OC)c2c1COC(CCOC(O)OC)C2. The highest BCUT2D eigenvalue weighted by atomic mass is 16.8. The molecule has 2 atom stereocenters. The first kappa shape index (κ1) is 16.0. The second-order valence-electron chi connectivity index (χ2n) is 4.77.